The van der Waals surface area contributed by atoms with E-state index in [-0.39, 0.29) is 49.3 Å². The number of aliphatic hydroxyl groups excluding tert-OH is 1. The molecule has 1 aromatic carbocycles. The number of nitrogens with zero attached hydrogens (tertiary/aromatic N) is 3. The second-order valence-corrected chi connectivity index (χ2v) is 15.7. The van der Waals surface area contributed by atoms with Crippen LogP contribution in [0.5, 0.6) is 0 Å². The molecular weight excluding hydrogens is 610 g/mol. The Morgan fingerprint density at radius 2 is 1.69 bits per heavy atom. The molecule has 1 aromatic rings. The first-order valence-electron chi connectivity index (χ1n) is 17.4. The van der Waals surface area contributed by atoms with Gasteiger partial charge in [0.25, 0.3) is 0 Å². The Labute approximate surface area is 285 Å². The number of likely N-dealkylation sites (N-methyl/N-ethyl adjacent to an activating group) is 1. The van der Waals surface area contributed by atoms with E-state index in [1.807, 2.05) is 74.2 Å². The molecule has 262 valence electrons. The van der Waals surface area contributed by atoms with E-state index in [1.54, 1.807) is 22.9 Å². The molecule has 4 heterocycles. The monoisotopic (exact) mass is 663 g/mol. The maximum absolute atomic E-state index is 15.1. The van der Waals surface area contributed by atoms with Crippen LogP contribution in [0.15, 0.2) is 54.6 Å². The fourth-order valence-electron chi connectivity index (χ4n) is 8.43. The van der Waals surface area contributed by atoms with Gasteiger partial charge in [0.05, 0.1) is 18.1 Å². The second-order valence-electron chi connectivity index (χ2n) is 15.7. The van der Waals surface area contributed by atoms with Crippen LogP contribution < -0.4 is 0 Å². The van der Waals surface area contributed by atoms with Crippen molar-refractivity contribution in [1.82, 2.24) is 14.7 Å². The summed E-state index contributed by atoms with van der Waals surface area (Å²) in [5.74, 6) is -3.16. The molecule has 5 bridgehead atoms. The number of carbonyl (C=O) groups is 4. The Kier molecular flexibility index (Phi) is 10.3. The van der Waals surface area contributed by atoms with E-state index >= 15 is 4.79 Å². The number of hydrogen-bond donors (Lipinski definition) is 1. The predicted octanol–water partition coefficient (Wildman–Crippen LogP) is 4.43. The minimum absolute atomic E-state index is 0.0335. The minimum Gasteiger partial charge on any atom is -0.455 e. The first-order chi connectivity index (χ1) is 22.6. The first kappa shape index (κ1) is 35.8. The number of cyclic esters (lactones) is 1. The number of likely N-dealkylation sites (tertiary alicyclic amines) is 1. The summed E-state index contributed by atoms with van der Waals surface area (Å²) in [7, 11) is 1.72. The summed E-state index contributed by atoms with van der Waals surface area (Å²) in [6.45, 7) is 12.8. The molecule has 10 nitrogen and oxygen atoms in total. The lowest BCUT2D eigenvalue weighted by Gasteiger charge is -2.45. The first-order valence-corrected chi connectivity index (χ1v) is 17.4. The molecule has 1 N–H and O–H groups in total. The highest BCUT2D eigenvalue weighted by atomic mass is 16.6. The number of rotatable bonds is 7. The molecule has 2 saturated heterocycles. The number of carbonyl (C=O) groups excluding carboxylic acids is 4. The van der Waals surface area contributed by atoms with Gasteiger partial charge in [-0.3, -0.25) is 19.2 Å². The number of ether oxygens (including phenoxy) is 2. The molecule has 0 aliphatic carbocycles. The largest absolute Gasteiger partial charge is 0.455 e. The highest BCUT2D eigenvalue weighted by molar-refractivity contribution is 5.99. The fraction of sp³-hybridized carbons (Fsp3) is 0.632. The van der Waals surface area contributed by atoms with E-state index < -0.39 is 53.2 Å². The Morgan fingerprint density at radius 3 is 2.35 bits per heavy atom. The van der Waals surface area contributed by atoms with Crippen LogP contribution in [0.1, 0.15) is 85.3 Å². The molecule has 0 radical (unpaired) electrons. The van der Waals surface area contributed by atoms with Crippen molar-refractivity contribution >= 4 is 23.7 Å². The molecule has 0 unspecified atom stereocenters. The zero-order chi connectivity index (χ0) is 35.0. The standard InChI is InChI=1S/C38H53N3O7/c1-25-31(26-16-10-8-11-17-26)47-35(46)29-27-19-20-38(48-27)30(29)33(44)40(21-14-15-23-42)32(38)34(45)41(37(5,6)24-36(2,3)4)22-13-9-12-18-28(43)39(25)7/h8-11,13,16-17,19-20,25,27,29-32,42H,12,14-15,18,21-24H2,1-7H3/b13-9-/t25-,27+,29-,30-,31+,32+,38-/m1/s1. The van der Waals surface area contributed by atoms with Gasteiger partial charge in [0.15, 0.2) is 0 Å². The average molecular weight is 664 g/mol. The summed E-state index contributed by atoms with van der Waals surface area (Å²) in [5, 5.41) is 9.56. The number of esters is 1. The molecule has 4 aliphatic rings. The van der Waals surface area contributed by atoms with E-state index in [4.69, 9.17) is 9.47 Å². The maximum atomic E-state index is 15.1. The van der Waals surface area contributed by atoms with Crippen LogP contribution in [0.3, 0.4) is 0 Å². The topological polar surface area (TPSA) is 117 Å². The van der Waals surface area contributed by atoms with E-state index in [0.29, 0.717) is 25.7 Å². The van der Waals surface area contributed by atoms with Crippen molar-refractivity contribution in [3.8, 4) is 0 Å². The summed E-state index contributed by atoms with van der Waals surface area (Å²) in [4.78, 5) is 62.3. The van der Waals surface area contributed by atoms with E-state index in [0.717, 1.165) is 5.56 Å². The number of hydrogen-bond acceptors (Lipinski definition) is 7. The number of fused-ring (bicyclic) bond motifs is 2. The SMILES string of the molecule is C[C@@H]1[C@@H](c2ccccc2)OC(=O)[C@@H]2[C@@H]3C=C[C@]4(O3)[C@H](C(=O)N(C(C)(C)CC(C)(C)C)C/C=C\CCC(=O)N1C)N(CCCCO)C(=O)[C@@H]24. The third kappa shape index (κ3) is 6.70. The number of allylic oxidation sites excluding steroid dienone is 1. The normalized spacial score (nSPS) is 32.2. The van der Waals surface area contributed by atoms with Crippen molar-refractivity contribution in [2.75, 3.05) is 26.7 Å². The van der Waals surface area contributed by atoms with Gasteiger partial charge in [0.1, 0.15) is 23.7 Å². The van der Waals surface area contributed by atoms with Crippen LogP contribution in [0, 0.1) is 17.3 Å². The summed E-state index contributed by atoms with van der Waals surface area (Å²) < 4.78 is 12.9. The van der Waals surface area contributed by atoms with Gasteiger partial charge >= 0.3 is 5.97 Å². The van der Waals surface area contributed by atoms with Gasteiger partial charge in [-0.05, 0) is 57.4 Å². The average Bonchev–Trinajstić information content (AvgIpc) is 3.66. The lowest BCUT2D eigenvalue weighted by Crippen LogP contribution is -2.60. The molecule has 10 heteroatoms. The molecule has 3 amide bonds. The van der Waals surface area contributed by atoms with Gasteiger partial charge < -0.3 is 29.3 Å². The smallest absolute Gasteiger partial charge is 0.313 e. The van der Waals surface area contributed by atoms with E-state index in [9.17, 15) is 19.5 Å². The van der Waals surface area contributed by atoms with Gasteiger partial charge in [-0.15, -0.1) is 0 Å². The Bertz CT molecular complexity index is 1430. The van der Waals surface area contributed by atoms with Crippen molar-refractivity contribution in [3.63, 3.8) is 0 Å². The fourth-order valence-corrected chi connectivity index (χ4v) is 8.43. The quantitative estimate of drug-likeness (QED) is 0.261. The highest BCUT2D eigenvalue weighted by Crippen LogP contribution is 2.56. The molecule has 2 fully saturated rings. The van der Waals surface area contributed by atoms with Gasteiger partial charge in [0.2, 0.25) is 17.7 Å². The number of aliphatic hydroxyl groups is 1. The molecule has 1 spiro atoms. The highest BCUT2D eigenvalue weighted by Gasteiger charge is 2.73. The Hall–Kier alpha value is -3.50. The lowest BCUT2D eigenvalue weighted by molar-refractivity contribution is -0.164. The molecule has 48 heavy (non-hydrogen) atoms. The van der Waals surface area contributed by atoms with Crippen molar-refractivity contribution < 1.29 is 33.8 Å². The van der Waals surface area contributed by atoms with Crippen LogP contribution in [0.25, 0.3) is 0 Å². The van der Waals surface area contributed by atoms with Crippen LogP contribution in [-0.4, -0.2) is 99.6 Å². The Balaban J connectivity index is 1.62. The Morgan fingerprint density at radius 1 is 0.979 bits per heavy atom. The summed E-state index contributed by atoms with van der Waals surface area (Å²) in [5.41, 5.74) is -1.31. The summed E-state index contributed by atoms with van der Waals surface area (Å²) >= 11 is 0. The predicted molar refractivity (Wildman–Crippen MR) is 181 cm³/mol. The van der Waals surface area contributed by atoms with Crippen molar-refractivity contribution in [3.05, 3.63) is 60.2 Å². The minimum atomic E-state index is -1.34. The van der Waals surface area contributed by atoms with Gasteiger partial charge in [-0.2, -0.15) is 0 Å². The van der Waals surface area contributed by atoms with Crippen molar-refractivity contribution in [1.29, 1.82) is 0 Å². The van der Waals surface area contributed by atoms with E-state index in [2.05, 4.69) is 20.8 Å². The summed E-state index contributed by atoms with van der Waals surface area (Å²) in [6, 6.07) is 7.83. The third-order valence-corrected chi connectivity index (χ3v) is 10.4. The van der Waals surface area contributed by atoms with Crippen LogP contribution in [0.4, 0.5) is 0 Å². The number of benzene rings is 1. The summed E-state index contributed by atoms with van der Waals surface area (Å²) in [6.07, 6.45) is 8.35. The molecular formula is C38H53N3O7. The van der Waals surface area contributed by atoms with Crippen LogP contribution in [-0.2, 0) is 28.7 Å². The van der Waals surface area contributed by atoms with Crippen LogP contribution >= 0.6 is 0 Å². The van der Waals surface area contributed by atoms with Gasteiger partial charge in [-0.1, -0.05) is 75.4 Å². The molecule has 0 aromatic heterocycles. The zero-order valence-corrected chi connectivity index (χ0v) is 29.6. The molecule has 0 saturated carbocycles. The molecule has 4 aliphatic heterocycles. The second kappa shape index (κ2) is 13.8. The third-order valence-electron chi connectivity index (χ3n) is 10.4. The lowest BCUT2D eigenvalue weighted by atomic mass is 9.74. The van der Waals surface area contributed by atoms with Crippen LogP contribution in [0.2, 0.25) is 0 Å². The van der Waals surface area contributed by atoms with Gasteiger partial charge in [-0.25, -0.2) is 0 Å². The zero-order valence-electron chi connectivity index (χ0n) is 29.6. The maximum Gasteiger partial charge on any atom is 0.313 e. The molecule has 7 atom stereocenters. The number of unbranched alkanes of at least 4 members (excludes halogenated alkanes) is 1. The van der Waals surface area contributed by atoms with Crippen molar-refractivity contribution in [2.45, 2.75) is 109 Å². The van der Waals surface area contributed by atoms with Crippen molar-refractivity contribution in [2.24, 2.45) is 17.3 Å². The molecule has 5 rings (SSSR count). The van der Waals surface area contributed by atoms with Gasteiger partial charge in [0, 0.05) is 38.7 Å². The number of amides is 3. The van der Waals surface area contributed by atoms with E-state index in [1.165, 1.54) is 0 Å².